The highest BCUT2D eigenvalue weighted by molar-refractivity contribution is 8.55. The number of nitrogens with zero attached hydrogens (tertiary/aromatic N) is 8. The second kappa shape index (κ2) is 17.0. The molecule has 0 radical (unpaired) electrons. The van der Waals surface area contributed by atoms with Crippen LogP contribution < -0.4 is 11.5 Å². The molecule has 5 N–H and O–H groups in total. The maximum absolute atomic E-state index is 16.9. The highest BCUT2D eigenvalue weighted by Gasteiger charge is 2.55. The average molecular weight is 921 g/mol. The summed E-state index contributed by atoms with van der Waals surface area (Å²) in [6, 6.07) is 0. The number of rotatable bonds is 8. The van der Waals surface area contributed by atoms with E-state index in [-0.39, 0.29) is 34.0 Å². The minimum Gasteiger partial charge on any atom is -0.454 e. The number of esters is 2. The molecule has 0 spiro atoms. The van der Waals surface area contributed by atoms with Crippen LogP contribution in [0.5, 0.6) is 0 Å². The van der Waals surface area contributed by atoms with Gasteiger partial charge in [0, 0.05) is 22.8 Å². The Labute approximate surface area is 349 Å². The summed E-state index contributed by atoms with van der Waals surface area (Å²) in [5.74, 6) is -2.35. The minimum absolute atomic E-state index is 0.00706. The van der Waals surface area contributed by atoms with Crippen molar-refractivity contribution in [3.63, 3.8) is 0 Å². The van der Waals surface area contributed by atoms with Crippen molar-refractivity contribution in [2.45, 2.75) is 90.7 Å². The van der Waals surface area contributed by atoms with Crippen molar-refractivity contribution < 1.29 is 65.3 Å². The summed E-state index contributed by atoms with van der Waals surface area (Å²) in [6.45, 7) is -1.02. The Hall–Kier alpha value is -3.55. The van der Waals surface area contributed by atoms with Gasteiger partial charge in [-0.3, -0.25) is 36.8 Å². The zero-order valence-corrected chi connectivity index (χ0v) is 36.3. The van der Waals surface area contributed by atoms with E-state index in [0.29, 0.717) is 22.8 Å². The Morgan fingerprint density at radius 3 is 1.72 bits per heavy atom. The third-order valence-electron chi connectivity index (χ3n) is 9.22. The number of ether oxygens (including phenoxy) is 4. The SMILES string of the molecule is CC(C)(C)C(=O)OCSP1(=O)OC[C@H]2O[C@@H](n3cnc4c(N)ncnc43)C(F)C2OP(=O)(SCOC(=O)C(C)(C)C)OC[C@H]2O[C@@H](n3cnc4c(N)ncnc43)C(O1)C2O. The summed E-state index contributed by atoms with van der Waals surface area (Å²) in [7, 11) is 0. The number of imidazole rings is 2. The molecule has 0 amide bonds. The van der Waals surface area contributed by atoms with Crippen molar-refractivity contribution in [2.24, 2.45) is 10.8 Å². The Morgan fingerprint density at radius 1 is 0.767 bits per heavy atom. The maximum atomic E-state index is 16.9. The number of hydrogen-bond acceptors (Lipinski definition) is 23. The van der Waals surface area contributed by atoms with Gasteiger partial charge in [0.05, 0.1) is 36.7 Å². The highest BCUT2D eigenvalue weighted by Crippen LogP contribution is 2.66. The fourth-order valence-corrected chi connectivity index (χ4v) is 11.6. The van der Waals surface area contributed by atoms with Crippen LogP contribution in [0.25, 0.3) is 22.3 Å². The summed E-state index contributed by atoms with van der Waals surface area (Å²) >= 11 is 0.880. The third-order valence-corrected chi connectivity index (χ3v) is 15.9. The molecule has 10 atom stereocenters. The normalized spacial score (nSPS) is 31.6. The van der Waals surface area contributed by atoms with Crippen LogP contribution in [0, 0.1) is 10.8 Å². The van der Waals surface area contributed by atoms with E-state index in [4.69, 9.17) is 48.5 Å². The highest BCUT2D eigenvalue weighted by atomic mass is 32.7. The first kappa shape index (κ1) is 44.5. The van der Waals surface area contributed by atoms with Gasteiger partial charge in [0.25, 0.3) is 0 Å². The second-order valence-corrected chi connectivity index (χ2v) is 23.7. The first-order valence-corrected chi connectivity index (χ1v) is 24.4. The van der Waals surface area contributed by atoms with Gasteiger partial charge < -0.3 is 35.5 Å². The third kappa shape index (κ3) is 9.14. The standard InChI is InChI=1S/C32H43FN10O13P2S2/c1-31(2,3)29(45)49-13-59-57(47)51-7-15-20(44)22(28(53-15)43-12-41-19-24(35)37-10-39-26(19)43)56-58(48,60-14-50-30(46)32(4,5)6)52-8-16-21(55-57)17(33)27(54-16)42-11-40-18-23(34)36-9-38-25(18)42/h9-12,15-17,20-22,27-28,44H,7-8,13-14H2,1-6H3,(H2,34,36,38)(H2,35,37,39)/t15-,16-,17?,20?,21?,22?,27-,28-,57?,58?/m1/s1. The molecule has 0 aromatic carbocycles. The number of aliphatic hydroxyl groups excluding tert-OH is 1. The Balaban J connectivity index is 1.26. The summed E-state index contributed by atoms with van der Waals surface area (Å²) in [6.07, 6.45) is -8.28. The number of hydrogen-bond donors (Lipinski definition) is 3. The molecular formula is C32H43FN10O13P2S2. The van der Waals surface area contributed by atoms with Crippen LogP contribution in [0.4, 0.5) is 16.0 Å². The van der Waals surface area contributed by atoms with Crippen LogP contribution in [0.3, 0.4) is 0 Å². The Kier molecular flexibility index (Phi) is 12.6. The fraction of sp³-hybridized carbons (Fsp3) is 0.625. The first-order valence-electron chi connectivity index (χ1n) is 18.2. The van der Waals surface area contributed by atoms with Crippen LogP contribution in [0.15, 0.2) is 25.3 Å². The summed E-state index contributed by atoms with van der Waals surface area (Å²) in [5, 5.41) is 11.8. The van der Waals surface area contributed by atoms with Gasteiger partial charge in [0.15, 0.2) is 41.6 Å². The molecule has 28 heteroatoms. The Bertz CT molecular complexity index is 2350. The number of carbonyl (C=O) groups is 2. The van der Waals surface area contributed by atoms with Gasteiger partial charge in [0.2, 0.25) is 0 Å². The van der Waals surface area contributed by atoms with E-state index in [1.54, 1.807) is 41.5 Å². The molecule has 4 aromatic rings. The van der Waals surface area contributed by atoms with Crippen molar-refractivity contribution >= 4 is 82.3 Å². The summed E-state index contributed by atoms with van der Waals surface area (Å²) < 4.78 is 96.1. The predicted octanol–water partition coefficient (Wildman–Crippen LogP) is 3.92. The molecule has 3 aliphatic heterocycles. The molecule has 0 aliphatic carbocycles. The lowest BCUT2D eigenvalue weighted by atomic mass is 9.98. The van der Waals surface area contributed by atoms with Gasteiger partial charge in [0.1, 0.15) is 66.1 Å². The lowest BCUT2D eigenvalue weighted by molar-refractivity contribution is -0.151. The molecule has 6 unspecified atom stereocenters. The van der Waals surface area contributed by atoms with E-state index < -0.39 is 111 Å². The Morgan fingerprint density at radius 2 is 1.22 bits per heavy atom. The number of anilines is 2. The van der Waals surface area contributed by atoms with Gasteiger partial charge in [-0.2, -0.15) is 0 Å². The molecule has 7 rings (SSSR count). The molecule has 328 valence electrons. The van der Waals surface area contributed by atoms with E-state index in [0.717, 1.165) is 6.33 Å². The molecule has 2 bridgehead atoms. The van der Waals surface area contributed by atoms with Gasteiger partial charge in [-0.05, 0) is 41.5 Å². The second-order valence-electron chi connectivity index (χ2n) is 15.7. The van der Waals surface area contributed by atoms with Crippen molar-refractivity contribution in [2.75, 3.05) is 36.6 Å². The van der Waals surface area contributed by atoms with E-state index in [2.05, 4.69) is 29.9 Å². The van der Waals surface area contributed by atoms with Crippen molar-refractivity contribution in [3.05, 3.63) is 25.3 Å². The van der Waals surface area contributed by atoms with Crippen LogP contribution >= 0.6 is 36.4 Å². The lowest BCUT2D eigenvalue weighted by Gasteiger charge is -2.28. The van der Waals surface area contributed by atoms with Crippen LogP contribution in [0.1, 0.15) is 54.0 Å². The number of aromatic nitrogens is 8. The van der Waals surface area contributed by atoms with Crippen molar-refractivity contribution in [3.8, 4) is 0 Å². The number of halogens is 1. The van der Waals surface area contributed by atoms with E-state index in [1.165, 1.54) is 28.1 Å². The van der Waals surface area contributed by atoms with Gasteiger partial charge in [-0.25, -0.2) is 43.4 Å². The van der Waals surface area contributed by atoms with E-state index in [9.17, 15) is 23.8 Å². The van der Waals surface area contributed by atoms with Crippen LogP contribution in [0.2, 0.25) is 0 Å². The number of carbonyl (C=O) groups excluding carboxylic acids is 2. The summed E-state index contributed by atoms with van der Waals surface area (Å²) in [5.41, 5.74) is 10.7. The molecule has 0 saturated carbocycles. The van der Waals surface area contributed by atoms with Gasteiger partial charge in [-0.1, -0.05) is 0 Å². The quantitative estimate of drug-likeness (QED) is 0.128. The zero-order valence-electron chi connectivity index (χ0n) is 32.9. The van der Waals surface area contributed by atoms with Gasteiger partial charge >= 0.3 is 25.5 Å². The monoisotopic (exact) mass is 920 g/mol. The molecule has 3 fully saturated rings. The molecule has 4 aromatic heterocycles. The largest absolute Gasteiger partial charge is 0.454 e. The van der Waals surface area contributed by atoms with E-state index >= 15 is 4.39 Å². The minimum atomic E-state index is -4.64. The predicted molar refractivity (Wildman–Crippen MR) is 211 cm³/mol. The molecular weight excluding hydrogens is 877 g/mol. The molecule has 23 nitrogen and oxygen atoms in total. The molecule has 7 heterocycles. The summed E-state index contributed by atoms with van der Waals surface area (Å²) in [4.78, 5) is 50.0. The number of alkyl halides is 1. The van der Waals surface area contributed by atoms with E-state index in [1.807, 2.05) is 0 Å². The number of nitrogen functional groups attached to an aromatic ring is 2. The lowest BCUT2D eigenvalue weighted by Crippen LogP contribution is -2.35. The van der Waals surface area contributed by atoms with Crippen LogP contribution in [-0.2, 0) is 55.8 Å². The topological polar surface area (TPSA) is 302 Å². The maximum Gasteiger partial charge on any atom is 0.392 e. The zero-order chi connectivity index (χ0) is 43.4. The van der Waals surface area contributed by atoms with Gasteiger partial charge in [-0.15, -0.1) is 0 Å². The first-order chi connectivity index (χ1) is 28.2. The van der Waals surface area contributed by atoms with Crippen molar-refractivity contribution in [1.29, 1.82) is 0 Å². The number of aliphatic hydroxyl groups is 1. The number of nitrogens with two attached hydrogens (primary N) is 2. The smallest absolute Gasteiger partial charge is 0.392 e. The van der Waals surface area contributed by atoms with Crippen LogP contribution in [-0.4, -0.2) is 118 Å². The number of fused-ring (bicyclic) bond motifs is 5. The molecule has 3 saturated heterocycles. The molecule has 3 aliphatic rings. The molecule has 60 heavy (non-hydrogen) atoms. The average Bonchev–Trinajstić information content (AvgIpc) is 3.94. The van der Waals surface area contributed by atoms with Crippen molar-refractivity contribution in [1.82, 2.24) is 39.0 Å². The fourth-order valence-electron chi connectivity index (χ4n) is 6.03.